The summed E-state index contributed by atoms with van der Waals surface area (Å²) in [6.07, 6.45) is -0.842. The summed E-state index contributed by atoms with van der Waals surface area (Å²) in [7, 11) is 1.03. The zero-order chi connectivity index (χ0) is 14.2. The molecule has 0 radical (unpaired) electrons. The van der Waals surface area contributed by atoms with Crippen molar-refractivity contribution in [3.05, 3.63) is 34.9 Å². The molecule has 2 atom stereocenters. The molecule has 0 amide bonds. The van der Waals surface area contributed by atoms with Crippen molar-refractivity contribution < 1.29 is 31.8 Å². The van der Waals surface area contributed by atoms with Gasteiger partial charge < -0.3 is 9.47 Å². The zero-order valence-electron chi connectivity index (χ0n) is 9.49. The SMILES string of the molecule is COC(=O)[C@H]1N=CO[C@H]1c1c(F)c(F)cc(F)c1F. The molecule has 1 heterocycles. The molecule has 1 aliphatic rings. The van der Waals surface area contributed by atoms with Crippen LogP contribution in [0.1, 0.15) is 11.7 Å². The van der Waals surface area contributed by atoms with E-state index >= 15 is 0 Å². The van der Waals surface area contributed by atoms with E-state index < -0.39 is 46.9 Å². The molecule has 19 heavy (non-hydrogen) atoms. The minimum Gasteiger partial charge on any atom is -0.472 e. The van der Waals surface area contributed by atoms with Gasteiger partial charge in [-0.25, -0.2) is 27.3 Å². The largest absolute Gasteiger partial charge is 0.472 e. The van der Waals surface area contributed by atoms with Crippen LogP contribution in [0.15, 0.2) is 11.1 Å². The van der Waals surface area contributed by atoms with Crippen LogP contribution in [0.3, 0.4) is 0 Å². The molecule has 4 nitrogen and oxygen atoms in total. The molecule has 1 aromatic carbocycles. The first kappa shape index (κ1) is 13.3. The predicted molar refractivity (Wildman–Crippen MR) is 54.4 cm³/mol. The van der Waals surface area contributed by atoms with E-state index in [4.69, 9.17) is 4.74 Å². The zero-order valence-corrected chi connectivity index (χ0v) is 9.49. The van der Waals surface area contributed by atoms with Gasteiger partial charge >= 0.3 is 5.97 Å². The van der Waals surface area contributed by atoms with E-state index in [0.717, 1.165) is 13.5 Å². The smallest absolute Gasteiger partial charge is 0.335 e. The molecule has 0 unspecified atom stereocenters. The van der Waals surface area contributed by atoms with E-state index in [0.29, 0.717) is 0 Å². The summed E-state index contributed by atoms with van der Waals surface area (Å²) in [5, 5.41) is 0. The lowest BCUT2D eigenvalue weighted by molar-refractivity contribution is -0.143. The van der Waals surface area contributed by atoms with Gasteiger partial charge in [0.25, 0.3) is 0 Å². The first-order valence-electron chi connectivity index (χ1n) is 5.05. The maximum absolute atomic E-state index is 13.6. The number of hydrogen-bond donors (Lipinski definition) is 0. The van der Waals surface area contributed by atoms with Crippen LogP contribution >= 0.6 is 0 Å². The van der Waals surface area contributed by atoms with Crippen molar-refractivity contribution in [1.82, 2.24) is 0 Å². The van der Waals surface area contributed by atoms with Crippen LogP contribution in [0.4, 0.5) is 17.6 Å². The Hall–Kier alpha value is -2.12. The average molecular weight is 277 g/mol. The van der Waals surface area contributed by atoms with Gasteiger partial charge in [-0.1, -0.05) is 0 Å². The molecule has 0 fully saturated rings. The highest BCUT2D eigenvalue weighted by Gasteiger charge is 2.40. The Morgan fingerprint density at radius 1 is 1.26 bits per heavy atom. The molecule has 0 saturated heterocycles. The van der Waals surface area contributed by atoms with Gasteiger partial charge in [0.2, 0.25) is 0 Å². The second-order valence-corrected chi connectivity index (χ2v) is 3.66. The van der Waals surface area contributed by atoms with Gasteiger partial charge in [-0.3, -0.25) is 0 Å². The van der Waals surface area contributed by atoms with Crippen molar-refractivity contribution in [2.75, 3.05) is 7.11 Å². The number of rotatable bonds is 2. The summed E-state index contributed by atoms with van der Waals surface area (Å²) >= 11 is 0. The number of nitrogens with zero attached hydrogens (tertiary/aromatic N) is 1. The Morgan fingerprint density at radius 3 is 2.37 bits per heavy atom. The van der Waals surface area contributed by atoms with Crippen LogP contribution in [-0.2, 0) is 14.3 Å². The second-order valence-electron chi connectivity index (χ2n) is 3.66. The van der Waals surface area contributed by atoms with Crippen molar-refractivity contribution >= 4 is 12.4 Å². The van der Waals surface area contributed by atoms with Crippen molar-refractivity contribution in [3.63, 3.8) is 0 Å². The van der Waals surface area contributed by atoms with Gasteiger partial charge in [-0.15, -0.1) is 0 Å². The number of ether oxygens (including phenoxy) is 2. The number of esters is 1. The maximum Gasteiger partial charge on any atom is 0.335 e. The van der Waals surface area contributed by atoms with E-state index in [-0.39, 0.29) is 6.07 Å². The van der Waals surface area contributed by atoms with Gasteiger partial charge in [-0.2, -0.15) is 0 Å². The van der Waals surface area contributed by atoms with Gasteiger partial charge in [0, 0.05) is 6.07 Å². The molecule has 102 valence electrons. The molecule has 0 bridgehead atoms. The number of carbonyl (C=O) groups excluding carboxylic acids is 1. The number of aliphatic imine (C=N–C) groups is 1. The third-order valence-electron chi connectivity index (χ3n) is 2.59. The Labute approximate surface area is 104 Å². The molecule has 0 aromatic heterocycles. The third-order valence-corrected chi connectivity index (χ3v) is 2.59. The maximum atomic E-state index is 13.6. The lowest BCUT2D eigenvalue weighted by atomic mass is 10.0. The van der Waals surface area contributed by atoms with Crippen molar-refractivity contribution in [1.29, 1.82) is 0 Å². The van der Waals surface area contributed by atoms with Crippen molar-refractivity contribution in [3.8, 4) is 0 Å². The summed E-state index contributed by atoms with van der Waals surface area (Å²) in [5.41, 5.74) is -1.04. The van der Waals surface area contributed by atoms with E-state index in [1.807, 2.05) is 0 Å². The Morgan fingerprint density at radius 2 is 1.84 bits per heavy atom. The fourth-order valence-electron chi connectivity index (χ4n) is 1.69. The Balaban J connectivity index is 2.50. The molecular weight excluding hydrogens is 270 g/mol. The van der Waals surface area contributed by atoms with Crippen LogP contribution in [-0.4, -0.2) is 25.5 Å². The molecule has 1 aliphatic heterocycles. The lowest BCUT2D eigenvalue weighted by Gasteiger charge is -2.17. The predicted octanol–water partition coefficient (Wildman–Crippen LogP) is 1.88. The summed E-state index contributed by atoms with van der Waals surface area (Å²) in [6.45, 7) is 0. The van der Waals surface area contributed by atoms with Crippen LogP contribution in [0.5, 0.6) is 0 Å². The summed E-state index contributed by atoms with van der Waals surface area (Å²) in [6, 6.07) is -1.35. The number of carbonyl (C=O) groups is 1. The van der Waals surface area contributed by atoms with Gasteiger partial charge in [-0.05, 0) is 0 Å². The molecule has 2 rings (SSSR count). The van der Waals surface area contributed by atoms with E-state index in [1.54, 1.807) is 0 Å². The first-order chi connectivity index (χ1) is 8.97. The van der Waals surface area contributed by atoms with Gasteiger partial charge in [0.1, 0.15) is 0 Å². The van der Waals surface area contributed by atoms with Gasteiger partial charge in [0.05, 0.1) is 12.7 Å². The molecule has 0 aliphatic carbocycles. The summed E-state index contributed by atoms with van der Waals surface area (Å²) in [5.74, 6) is -7.39. The van der Waals surface area contributed by atoms with Crippen LogP contribution < -0.4 is 0 Å². The minimum absolute atomic E-state index is 0.0666. The summed E-state index contributed by atoms with van der Waals surface area (Å²) in [4.78, 5) is 14.8. The second kappa shape index (κ2) is 4.87. The molecule has 0 saturated carbocycles. The van der Waals surface area contributed by atoms with Crippen LogP contribution in [0, 0.1) is 23.3 Å². The number of methoxy groups -OCH3 is 1. The molecule has 8 heteroatoms. The molecule has 0 N–H and O–H groups in total. The average Bonchev–Trinajstić information content (AvgIpc) is 2.85. The highest BCUT2D eigenvalue weighted by molar-refractivity contribution is 5.80. The van der Waals surface area contributed by atoms with E-state index in [9.17, 15) is 22.4 Å². The normalized spacial score (nSPS) is 21.3. The topological polar surface area (TPSA) is 47.9 Å². The number of halogens is 4. The fourth-order valence-corrected chi connectivity index (χ4v) is 1.69. The van der Waals surface area contributed by atoms with Gasteiger partial charge in [0.15, 0.2) is 41.8 Å². The minimum atomic E-state index is -1.64. The van der Waals surface area contributed by atoms with E-state index in [1.165, 1.54) is 0 Å². The Bertz CT molecular complexity index is 535. The number of hydrogen-bond acceptors (Lipinski definition) is 4. The highest BCUT2D eigenvalue weighted by atomic mass is 19.2. The highest BCUT2D eigenvalue weighted by Crippen LogP contribution is 2.33. The Kier molecular flexibility index (Phi) is 3.41. The molecule has 0 spiro atoms. The van der Waals surface area contributed by atoms with Crippen LogP contribution in [0.2, 0.25) is 0 Å². The van der Waals surface area contributed by atoms with Crippen molar-refractivity contribution in [2.45, 2.75) is 12.1 Å². The first-order valence-corrected chi connectivity index (χ1v) is 5.05. The fraction of sp³-hybridized carbons (Fsp3) is 0.273. The summed E-state index contributed by atoms with van der Waals surface area (Å²) < 4.78 is 62.4. The van der Waals surface area contributed by atoms with Crippen LogP contribution in [0.25, 0.3) is 0 Å². The lowest BCUT2D eigenvalue weighted by Crippen LogP contribution is -2.27. The standard InChI is InChI=1S/C11H7F4NO3/c1-18-11(17)9-10(19-3-16-9)6-7(14)4(12)2-5(13)8(6)15/h2-3,9-10H,1H3/t9-,10-/m0/s1. The van der Waals surface area contributed by atoms with E-state index in [2.05, 4.69) is 9.73 Å². The quantitative estimate of drug-likeness (QED) is 0.471. The third kappa shape index (κ3) is 2.13. The number of benzene rings is 1. The molecule has 1 aromatic rings. The molecular formula is C11H7F4NO3. The monoisotopic (exact) mass is 277 g/mol. The van der Waals surface area contributed by atoms with Crippen molar-refractivity contribution in [2.24, 2.45) is 4.99 Å².